The van der Waals surface area contributed by atoms with Gasteiger partial charge in [-0.25, -0.2) is 4.99 Å². The van der Waals surface area contributed by atoms with Gasteiger partial charge in [0, 0.05) is 12.0 Å². The maximum Gasteiger partial charge on any atom is 0.416 e. The molecule has 0 radical (unpaired) electrons. The molecule has 1 N–H and O–H groups in total. The molecule has 3 unspecified atom stereocenters. The van der Waals surface area contributed by atoms with Crippen LogP contribution in [0, 0.1) is 0 Å². The van der Waals surface area contributed by atoms with Crippen molar-refractivity contribution in [2.45, 2.75) is 43.7 Å². The Labute approximate surface area is 114 Å². The lowest BCUT2D eigenvalue weighted by Crippen LogP contribution is -2.33. The maximum atomic E-state index is 12.7. The number of ether oxygens (including phenoxy) is 1. The van der Waals surface area contributed by atoms with Gasteiger partial charge in [0.15, 0.2) is 0 Å². The van der Waals surface area contributed by atoms with E-state index < -0.39 is 17.8 Å². The van der Waals surface area contributed by atoms with E-state index in [4.69, 9.17) is 4.74 Å². The Balaban J connectivity index is 1.84. The number of hydrogen-bond donors (Lipinski definition) is 1. The molecule has 1 fully saturated rings. The molecule has 0 saturated heterocycles. The van der Waals surface area contributed by atoms with Crippen LogP contribution in [0.3, 0.4) is 0 Å². The van der Waals surface area contributed by atoms with Crippen molar-refractivity contribution in [3.05, 3.63) is 35.4 Å². The number of aliphatic hydroxyl groups excluding tert-OH is 1. The predicted molar refractivity (Wildman–Crippen MR) is 66.5 cm³/mol. The van der Waals surface area contributed by atoms with Gasteiger partial charge in [-0.05, 0) is 31.0 Å². The predicted octanol–water partition coefficient (Wildman–Crippen LogP) is 2.76. The molecule has 6 heteroatoms. The zero-order chi connectivity index (χ0) is 14.3. The van der Waals surface area contributed by atoms with Crippen LogP contribution < -0.4 is 0 Å². The van der Waals surface area contributed by atoms with Gasteiger partial charge in [-0.1, -0.05) is 6.07 Å². The Hall–Kier alpha value is -1.56. The average molecular weight is 285 g/mol. The number of benzene rings is 1. The summed E-state index contributed by atoms with van der Waals surface area (Å²) in [6.45, 7) is 0. The number of aliphatic imine (C=N–C) groups is 1. The number of rotatable bonds is 1. The summed E-state index contributed by atoms with van der Waals surface area (Å²) in [5.41, 5.74) is -0.375. The zero-order valence-corrected chi connectivity index (χ0v) is 10.6. The van der Waals surface area contributed by atoms with Crippen LogP contribution in [0.25, 0.3) is 0 Å². The van der Waals surface area contributed by atoms with Crippen molar-refractivity contribution in [1.82, 2.24) is 0 Å². The number of aliphatic hydroxyl groups is 1. The quantitative estimate of drug-likeness (QED) is 0.862. The summed E-state index contributed by atoms with van der Waals surface area (Å²) in [5, 5.41) is 9.58. The van der Waals surface area contributed by atoms with Crippen LogP contribution in [0.5, 0.6) is 0 Å². The SMILES string of the molecule is OC1CCC2N=C(c3cccc(C(F)(F)F)c3)OC2C1. The van der Waals surface area contributed by atoms with Crippen molar-refractivity contribution in [3.8, 4) is 0 Å². The van der Waals surface area contributed by atoms with E-state index in [1.165, 1.54) is 6.07 Å². The molecule has 0 aromatic heterocycles. The highest BCUT2D eigenvalue weighted by Gasteiger charge is 2.37. The van der Waals surface area contributed by atoms with E-state index in [1.54, 1.807) is 6.07 Å². The van der Waals surface area contributed by atoms with Crippen molar-refractivity contribution in [1.29, 1.82) is 0 Å². The van der Waals surface area contributed by atoms with Crippen LogP contribution in [-0.4, -0.2) is 29.3 Å². The van der Waals surface area contributed by atoms with Crippen molar-refractivity contribution < 1.29 is 23.0 Å². The zero-order valence-electron chi connectivity index (χ0n) is 10.6. The summed E-state index contributed by atoms with van der Waals surface area (Å²) in [7, 11) is 0. The Bertz CT molecular complexity index is 541. The lowest BCUT2D eigenvalue weighted by Gasteiger charge is -2.26. The molecule has 1 saturated carbocycles. The molecule has 2 aliphatic rings. The van der Waals surface area contributed by atoms with E-state index in [1.807, 2.05) is 0 Å². The third kappa shape index (κ3) is 2.52. The fraction of sp³-hybridized carbons (Fsp3) is 0.500. The third-order valence-corrected chi connectivity index (χ3v) is 3.71. The van der Waals surface area contributed by atoms with Crippen LogP contribution in [0.1, 0.15) is 30.4 Å². The van der Waals surface area contributed by atoms with Crippen LogP contribution >= 0.6 is 0 Å². The van der Waals surface area contributed by atoms with Gasteiger partial charge in [0.2, 0.25) is 5.90 Å². The second-order valence-corrected chi connectivity index (χ2v) is 5.20. The molecule has 20 heavy (non-hydrogen) atoms. The lowest BCUT2D eigenvalue weighted by molar-refractivity contribution is -0.137. The molecule has 1 aliphatic carbocycles. The molecule has 3 nitrogen and oxygen atoms in total. The number of halogens is 3. The first-order valence-electron chi connectivity index (χ1n) is 6.53. The van der Waals surface area contributed by atoms with Crippen molar-refractivity contribution in [2.75, 3.05) is 0 Å². The Morgan fingerprint density at radius 2 is 2.05 bits per heavy atom. The molecule has 1 aromatic rings. The first kappa shape index (κ1) is 13.4. The summed E-state index contributed by atoms with van der Waals surface area (Å²) in [6, 6.07) is 4.92. The summed E-state index contributed by atoms with van der Waals surface area (Å²) in [6.07, 6.45) is -3.16. The average Bonchev–Trinajstić information content (AvgIpc) is 2.81. The molecule has 0 spiro atoms. The van der Waals surface area contributed by atoms with Gasteiger partial charge in [-0.3, -0.25) is 0 Å². The second-order valence-electron chi connectivity index (χ2n) is 5.20. The van der Waals surface area contributed by atoms with E-state index in [0.717, 1.165) is 12.1 Å². The Kier molecular flexibility index (Phi) is 3.20. The van der Waals surface area contributed by atoms with Gasteiger partial charge >= 0.3 is 6.18 Å². The fourth-order valence-corrected chi connectivity index (χ4v) is 2.66. The van der Waals surface area contributed by atoms with Crippen LogP contribution in [0.4, 0.5) is 13.2 Å². The maximum absolute atomic E-state index is 12.7. The monoisotopic (exact) mass is 285 g/mol. The van der Waals surface area contributed by atoms with E-state index >= 15 is 0 Å². The minimum Gasteiger partial charge on any atom is -0.472 e. The Morgan fingerprint density at radius 1 is 1.25 bits per heavy atom. The Morgan fingerprint density at radius 3 is 2.80 bits per heavy atom. The van der Waals surface area contributed by atoms with Crippen molar-refractivity contribution in [3.63, 3.8) is 0 Å². The van der Waals surface area contributed by atoms with Crippen LogP contribution in [0.2, 0.25) is 0 Å². The van der Waals surface area contributed by atoms with Gasteiger partial charge < -0.3 is 9.84 Å². The van der Waals surface area contributed by atoms with Crippen molar-refractivity contribution >= 4 is 5.90 Å². The smallest absolute Gasteiger partial charge is 0.416 e. The van der Waals surface area contributed by atoms with Crippen molar-refractivity contribution in [2.24, 2.45) is 4.99 Å². The first-order chi connectivity index (χ1) is 9.43. The molecule has 3 rings (SSSR count). The highest BCUT2D eigenvalue weighted by molar-refractivity contribution is 5.95. The van der Waals surface area contributed by atoms with E-state index in [9.17, 15) is 18.3 Å². The topological polar surface area (TPSA) is 41.8 Å². The lowest BCUT2D eigenvalue weighted by atomic mass is 9.91. The second kappa shape index (κ2) is 4.77. The number of nitrogens with zero attached hydrogens (tertiary/aromatic N) is 1. The molecular formula is C14H14F3NO2. The number of fused-ring (bicyclic) bond motifs is 1. The van der Waals surface area contributed by atoms with Gasteiger partial charge in [0.05, 0.1) is 17.7 Å². The fourth-order valence-electron chi connectivity index (χ4n) is 2.66. The molecule has 1 aliphatic heterocycles. The molecular weight excluding hydrogens is 271 g/mol. The normalized spacial score (nSPS) is 29.6. The summed E-state index contributed by atoms with van der Waals surface area (Å²) >= 11 is 0. The summed E-state index contributed by atoms with van der Waals surface area (Å²) in [5.74, 6) is 0.250. The van der Waals surface area contributed by atoms with Gasteiger partial charge in [0.1, 0.15) is 6.10 Å². The van der Waals surface area contributed by atoms with Gasteiger partial charge in [-0.15, -0.1) is 0 Å². The van der Waals surface area contributed by atoms with Crippen LogP contribution in [0.15, 0.2) is 29.3 Å². The van der Waals surface area contributed by atoms with Gasteiger partial charge in [-0.2, -0.15) is 13.2 Å². The van der Waals surface area contributed by atoms with Gasteiger partial charge in [0.25, 0.3) is 0 Å². The standard InChI is InChI=1S/C14H14F3NO2/c15-14(16,17)9-3-1-2-8(6-9)13-18-11-5-4-10(19)7-12(11)20-13/h1-3,6,10-12,19H,4-5,7H2. The minimum atomic E-state index is -4.38. The molecule has 3 atom stereocenters. The summed E-state index contributed by atoms with van der Waals surface area (Å²) < 4.78 is 43.7. The highest BCUT2D eigenvalue weighted by atomic mass is 19.4. The van der Waals surface area contributed by atoms with Crippen LogP contribution in [-0.2, 0) is 10.9 Å². The number of hydrogen-bond acceptors (Lipinski definition) is 3. The first-order valence-corrected chi connectivity index (χ1v) is 6.53. The largest absolute Gasteiger partial charge is 0.472 e. The van der Waals surface area contributed by atoms with E-state index in [-0.39, 0.29) is 18.0 Å². The minimum absolute atomic E-state index is 0.0528. The molecule has 0 amide bonds. The third-order valence-electron chi connectivity index (χ3n) is 3.71. The number of alkyl halides is 3. The molecule has 1 heterocycles. The van der Waals surface area contributed by atoms with E-state index in [0.29, 0.717) is 24.8 Å². The summed E-state index contributed by atoms with van der Waals surface area (Å²) in [4.78, 5) is 4.35. The highest BCUT2D eigenvalue weighted by Crippen LogP contribution is 2.33. The molecule has 108 valence electrons. The van der Waals surface area contributed by atoms with E-state index in [2.05, 4.69) is 4.99 Å². The molecule has 1 aromatic carbocycles. The molecule has 0 bridgehead atoms.